The molecule has 9 heteroatoms. The first-order valence-corrected chi connectivity index (χ1v) is 7.81. The maximum absolute atomic E-state index is 12.3. The Morgan fingerprint density at radius 3 is 2.27 bits per heavy atom. The maximum atomic E-state index is 12.3. The summed E-state index contributed by atoms with van der Waals surface area (Å²) in [4.78, 5) is 25.1. The fourth-order valence-electron chi connectivity index (χ4n) is 2.68. The van der Waals surface area contributed by atoms with Gasteiger partial charge in [0.15, 0.2) is 0 Å². The molecule has 3 heterocycles. The highest BCUT2D eigenvalue weighted by molar-refractivity contribution is 5.86. The van der Waals surface area contributed by atoms with E-state index in [4.69, 9.17) is 5.73 Å². The molecule has 0 spiro atoms. The van der Waals surface area contributed by atoms with Crippen LogP contribution < -0.4 is 5.73 Å². The van der Waals surface area contributed by atoms with Crippen LogP contribution in [0.15, 0.2) is 42.7 Å². The highest BCUT2D eigenvalue weighted by Gasteiger charge is 2.21. The van der Waals surface area contributed by atoms with Gasteiger partial charge in [0.2, 0.25) is 5.91 Å². The molecule has 2 aromatic heterocycles. The first-order chi connectivity index (χ1) is 11.2. The van der Waals surface area contributed by atoms with Crippen LogP contribution in [0.5, 0.6) is 0 Å². The normalized spacial score (nSPS) is 13.8. The summed E-state index contributed by atoms with van der Waals surface area (Å²) in [5.41, 5.74) is 8.06. The number of nitrogens with two attached hydrogens (primary N) is 1. The molecule has 1 saturated heterocycles. The van der Waals surface area contributed by atoms with Crippen LogP contribution in [0.1, 0.15) is 11.4 Å². The van der Waals surface area contributed by atoms with Crippen molar-refractivity contribution >= 4 is 48.8 Å². The predicted octanol–water partition coefficient (Wildman–Crippen LogP) is 2.21. The third-order valence-corrected chi connectivity index (χ3v) is 4.02. The Balaban J connectivity index is 0.00000208. The number of hydrogen-bond acceptors (Lipinski definition) is 5. The smallest absolute Gasteiger partial charge is 0.228 e. The molecule has 2 aromatic rings. The van der Waals surface area contributed by atoms with Crippen LogP contribution in [0.25, 0.3) is 0 Å². The number of halogens is 3. The molecule has 2 N–H and O–H groups in total. The molecule has 0 aliphatic carbocycles. The van der Waals surface area contributed by atoms with Crippen LogP contribution in [0.3, 0.4) is 0 Å². The molecule has 1 aliphatic rings. The fraction of sp³-hybridized carbons (Fsp3) is 0.353. The second-order valence-corrected chi connectivity index (χ2v) is 5.74. The van der Waals surface area contributed by atoms with Gasteiger partial charge >= 0.3 is 0 Å². The van der Waals surface area contributed by atoms with Gasteiger partial charge in [-0.15, -0.1) is 37.2 Å². The zero-order chi connectivity index (χ0) is 16.1. The van der Waals surface area contributed by atoms with Crippen molar-refractivity contribution < 1.29 is 4.79 Å². The van der Waals surface area contributed by atoms with E-state index in [0.29, 0.717) is 12.1 Å². The number of piperazine rings is 1. The van der Waals surface area contributed by atoms with E-state index in [1.807, 2.05) is 35.4 Å². The molecule has 0 aromatic carbocycles. The average Bonchev–Trinajstić information content (AvgIpc) is 2.58. The van der Waals surface area contributed by atoms with Crippen LogP contribution in [0.2, 0.25) is 0 Å². The lowest BCUT2D eigenvalue weighted by molar-refractivity contribution is -0.132. The van der Waals surface area contributed by atoms with E-state index in [1.54, 1.807) is 12.3 Å². The van der Waals surface area contributed by atoms with Crippen molar-refractivity contribution in [3.63, 3.8) is 0 Å². The number of nitrogens with zero attached hydrogens (tertiary/aromatic N) is 4. The monoisotopic (exact) mass is 419 g/mol. The molecule has 1 fully saturated rings. The van der Waals surface area contributed by atoms with E-state index >= 15 is 0 Å². The van der Waals surface area contributed by atoms with Crippen LogP contribution in [-0.4, -0.2) is 51.9 Å². The Morgan fingerprint density at radius 1 is 0.962 bits per heavy atom. The number of rotatable bonds is 4. The summed E-state index contributed by atoms with van der Waals surface area (Å²) in [6.45, 7) is 4.08. The number of carbonyl (C=O) groups is 1. The minimum absolute atomic E-state index is 0. The number of anilines is 1. The Hall–Kier alpha value is -1.60. The van der Waals surface area contributed by atoms with Crippen molar-refractivity contribution in [3.05, 3.63) is 54.1 Å². The molecule has 0 radical (unpaired) electrons. The summed E-state index contributed by atoms with van der Waals surface area (Å²) in [6.07, 6.45) is 3.74. The van der Waals surface area contributed by atoms with Gasteiger partial charge in [-0.1, -0.05) is 6.07 Å². The lowest BCUT2D eigenvalue weighted by atomic mass is 10.2. The lowest BCUT2D eigenvalue weighted by Gasteiger charge is -2.34. The molecule has 0 atom stereocenters. The number of pyridine rings is 2. The molecule has 1 amide bonds. The molecule has 26 heavy (non-hydrogen) atoms. The molecular formula is C17H24Cl3N5O. The van der Waals surface area contributed by atoms with Crippen molar-refractivity contribution in [3.8, 4) is 0 Å². The van der Waals surface area contributed by atoms with Crippen LogP contribution in [0, 0.1) is 0 Å². The summed E-state index contributed by atoms with van der Waals surface area (Å²) in [7, 11) is 0. The molecule has 3 rings (SSSR count). The SMILES string of the molecule is Cl.Cl.Cl.Nc1ccc(CC(=O)N2CCN(Cc3ccccn3)CC2)nc1. The van der Waals surface area contributed by atoms with E-state index in [1.165, 1.54) is 0 Å². The standard InChI is InChI=1S/C17H21N5O.3ClH/c18-14-4-5-15(20-12-14)11-17(23)22-9-7-21(8-10-22)13-16-3-1-2-6-19-16;;;/h1-6,12H,7-11,13,18H2;3*1H. The average molecular weight is 421 g/mol. The minimum Gasteiger partial charge on any atom is -0.397 e. The van der Waals surface area contributed by atoms with Crippen LogP contribution in [-0.2, 0) is 17.8 Å². The number of amides is 1. The zero-order valence-electron chi connectivity index (χ0n) is 14.3. The van der Waals surface area contributed by atoms with Crippen LogP contribution in [0.4, 0.5) is 5.69 Å². The Bertz CT molecular complexity index is 649. The van der Waals surface area contributed by atoms with Gasteiger partial charge in [-0.3, -0.25) is 19.7 Å². The van der Waals surface area contributed by atoms with E-state index in [-0.39, 0.29) is 43.1 Å². The quantitative estimate of drug-likeness (QED) is 0.821. The van der Waals surface area contributed by atoms with Crippen molar-refractivity contribution in [2.24, 2.45) is 0 Å². The van der Waals surface area contributed by atoms with Gasteiger partial charge in [0.05, 0.1) is 24.0 Å². The Morgan fingerprint density at radius 2 is 1.69 bits per heavy atom. The molecule has 1 aliphatic heterocycles. The predicted molar refractivity (Wildman–Crippen MR) is 110 cm³/mol. The second kappa shape index (κ2) is 11.9. The van der Waals surface area contributed by atoms with Gasteiger partial charge in [0.25, 0.3) is 0 Å². The molecular weight excluding hydrogens is 397 g/mol. The van der Waals surface area contributed by atoms with Gasteiger partial charge in [-0.05, 0) is 24.3 Å². The third kappa shape index (κ3) is 6.96. The van der Waals surface area contributed by atoms with Crippen molar-refractivity contribution in [1.82, 2.24) is 19.8 Å². The summed E-state index contributed by atoms with van der Waals surface area (Å²) in [6, 6.07) is 9.54. The van der Waals surface area contributed by atoms with Gasteiger partial charge in [-0.25, -0.2) is 0 Å². The van der Waals surface area contributed by atoms with Gasteiger partial charge in [0.1, 0.15) is 0 Å². The first kappa shape index (κ1) is 24.4. The van der Waals surface area contributed by atoms with Crippen molar-refractivity contribution in [2.75, 3.05) is 31.9 Å². The molecule has 6 nitrogen and oxygen atoms in total. The highest BCUT2D eigenvalue weighted by Crippen LogP contribution is 2.09. The van der Waals surface area contributed by atoms with E-state index < -0.39 is 0 Å². The highest BCUT2D eigenvalue weighted by atomic mass is 35.5. The first-order valence-electron chi connectivity index (χ1n) is 7.81. The Labute approximate surface area is 172 Å². The summed E-state index contributed by atoms with van der Waals surface area (Å²) >= 11 is 0. The van der Waals surface area contributed by atoms with Gasteiger partial charge < -0.3 is 10.6 Å². The zero-order valence-corrected chi connectivity index (χ0v) is 16.7. The summed E-state index contributed by atoms with van der Waals surface area (Å²) < 4.78 is 0. The second-order valence-electron chi connectivity index (χ2n) is 5.74. The number of nitrogen functional groups attached to an aromatic ring is 1. The fourth-order valence-corrected chi connectivity index (χ4v) is 2.68. The summed E-state index contributed by atoms with van der Waals surface area (Å²) in [5, 5.41) is 0. The van der Waals surface area contributed by atoms with E-state index in [9.17, 15) is 4.79 Å². The van der Waals surface area contributed by atoms with Gasteiger partial charge in [-0.2, -0.15) is 0 Å². The number of carbonyl (C=O) groups excluding carboxylic acids is 1. The summed E-state index contributed by atoms with van der Waals surface area (Å²) in [5.74, 6) is 0.125. The van der Waals surface area contributed by atoms with Crippen molar-refractivity contribution in [2.45, 2.75) is 13.0 Å². The molecule has 0 unspecified atom stereocenters. The number of hydrogen-bond donors (Lipinski definition) is 1. The lowest BCUT2D eigenvalue weighted by Crippen LogP contribution is -2.48. The minimum atomic E-state index is 0. The largest absolute Gasteiger partial charge is 0.397 e. The van der Waals surface area contributed by atoms with E-state index in [2.05, 4.69) is 14.9 Å². The van der Waals surface area contributed by atoms with E-state index in [0.717, 1.165) is 44.1 Å². The maximum Gasteiger partial charge on any atom is 0.228 e. The third-order valence-electron chi connectivity index (χ3n) is 4.02. The van der Waals surface area contributed by atoms with Crippen LogP contribution >= 0.6 is 37.2 Å². The molecule has 0 bridgehead atoms. The number of aromatic nitrogens is 2. The molecule has 144 valence electrons. The van der Waals surface area contributed by atoms with Gasteiger partial charge in [0, 0.05) is 44.6 Å². The van der Waals surface area contributed by atoms with Crippen molar-refractivity contribution in [1.29, 1.82) is 0 Å². The topological polar surface area (TPSA) is 75.4 Å². The Kier molecular flexibility index (Phi) is 11.2. The molecule has 0 saturated carbocycles.